The average molecular weight is 199 g/mol. The van der Waals surface area contributed by atoms with Crippen molar-refractivity contribution in [1.82, 2.24) is 0 Å². The molecule has 0 unspecified atom stereocenters. The van der Waals surface area contributed by atoms with Gasteiger partial charge in [0.25, 0.3) is 0 Å². The Balaban J connectivity index is 3.53. The summed E-state index contributed by atoms with van der Waals surface area (Å²) in [6.45, 7) is 8.13. The maximum Gasteiger partial charge on any atom is 0.146 e. The third-order valence-corrected chi connectivity index (χ3v) is 2.77. The Morgan fingerprint density at radius 1 is 1.14 bits per heavy atom. The van der Waals surface area contributed by atoms with Crippen LogP contribution in [0.25, 0.3) is 0 Å². The van der Waals surface area contributed by atoms with Gasteiger partial charge in [-0.05, 0) is 25.2 Å². The Labute approximate surface area is 88.3 Å². The van der Waals surface area contributed by atoms with E-state index < -0.39 is 0 Å². The van der Waals surface area contributed by atoms with Gasteiger partial charge in [-0.1, -0.05) is 40.0 Å². The third kappa shape index (κ3) is 6.14. The van der Waals surface area contributed by atoms with Gasteiger partial charge in [-0.25, -0.2) is 0 Å². The molecular formula is C12H25NO. The highest BCUT2D eigenvalue weighted by molar-refractivity contribution is 5.81. The molecule has 0 aliphatic carbocycles. The van der Waals surface area contributed by atoms with Crippen molar-refractivity contribution >= 4 is 5.78 Å². The minimum atomic E-state index is -0.256. The summed E-state index contributed by atoms with van der Waals surface area (Å²) < 4.78 is 0. The van der Waals surface area contributed by atoms with Gasteiger partial charge in [0, 0.05) is 0 Å². The molecule has 0 aliphatic rings. The van der Waals surface area contributed by atoms with Crippen molar-refractivity contribution in [3.63, 3.8) is 0 Å². The van der Waals surface area contributed by atoms with Crippen LogP contribution in [-0.2, 0) is 4.79 Å². The average Bonchev–Trinajstić information content (AvgIpc) is 2.10. The predicted molar refractivity (Wildman–Crippen MR) is 61.1 cm³/mol. The Bertz CT molecular complexity index is 166. The van der Waals surface area contributed by atoms with Gasteiger partial charge in [0.15, 0.2) is 0 Å². The van der Waals surface area contributed by atoms with Gasteiger partial charge in [0.05, 0.1) is 6.04 Å². The van der Waals surface area contributed by atoms with Crippen LogP contribution in [0.2, 0.25) is 0 Å². The Hall–Kier alpha value is -0.370. The fourth-order valence-corrected chi connectivity index (χ4v) is 1.60. The number of hydrogen-bond acceptors (Lipinski definition) is 2. The Morgan fingerprint density at radius 2 is 1.64 bits per heavy atom. The largest absolute Gasteiger partial charge is 0.321 e. The van der Waals surface area contributed by atoms with Gasteiger partial charge in [-0.2, -0.15) is 0 Å². The smallest absolute Gasteiger partial charge is 0.146 e. The molecule has 14 heavy (non-hydrogen) atoms. The molecule has 84 valence electrons. The van der Waals surface area contributed by atoms with E-state index in [-0.39, 0.29) is 11.8 Å². The quantitative estimate of drug-likeness (QED) is 0.641. The van der Waals surface area contributed by atoms with Crippen molar-refractivity contribution < 1.29 is 4.79 Å². The summed E-state index contributed by atoms with van der Waals surface area (Å²) in [6.07, 6.45) is 4.81. The number of rotatable bonds is 7. The highest BCUT2D eigenvalue weighted by Gasteiger charge is 2.16. The zero-order chi connectivity index (χ0) is 11.1. The van der Waals surface area contributed by atoms with Crippen molar-refractivity contribution in [3.05, 3.63) is 0 Å². The summed E-state index contributed by atoms with van der Waals surface area (Å²) in [5.74, 6) is 1.23. The standard InChI is InChI=1S/C12H25NO/c1-9(2)7-5-6-8-10(3)12(13)11(4)14/h9-10,12H,5-8,13H2,1-4H3/t10-,12+/m0/s1. The zero-order valence-corrected chi connectivity index (χ0v) is 10.0. The molecule has 2 heteroatoms. The van der Waals surface area contributed by atoms with Crippen molar-refractivity contribution in [1.29, 1.82) is 0 Å². The molecule has 2 N–H and O–H groups in total. The summed E-state index contributed by atoms with van der Waals surface area (Å²) in [5.41, 5.74) is 5.75. The van der Waals surface area contributed by atoms with Crippen LogP contribution in [0, 0.1) is 11.8 Å². The molecule has 0 aromatic rings. The number of ketones is 1. The first-order valence-electron chi connectivity index (χ1n) is 5.71. The van der Waals surface area contributed by atoms with Crippen LogP contribution in [0.4, 0.5) is 0 Å². The molecule has 0 saturated carbocycles. The molecule has 2 atom stereocenters. The predicted octanol–water partition coefficient (Wildman–Crippen LogP) is 2.76. The molecule has 0 radical (unpaired) electrons. The van der Waals surface area contributed by atoms with Gasteiger partial charge in [0.1, 0.15) is 5.78 Å². The minimum Gasteiger partial charge on any atom is -0.321 e. The van der Waals surface area contributed by atoms with Crippen molar-refractivity contribution in [2.75, 3.05) is 0 Å². The fourth-order valence-electron chi connectivity index (χ4n) is 1.60. The normalized spacial score (nSPS) is 15.6. The van der Waals surface area contributed by atoms with Crippen LogP contribution in [-0.4, -0.2) is 11.8 Å². The van der Waals surface area contributed by atoms with E-state index in [1.807, 2.05) is 0 Å². The van der Waals surface area contributed by atoms with E-state index in [4.69, 9.17) is 5.73 Å². The number of carbonyl (C=O) groups is 1. The van der Waals surface area contributed by atoms with Crippen LogP contribution < -0.4 is 5.73 Å². The maximum atomic E-state index is 11.0. The lowest BCUT2D eigenvalue weighted by Gasteiger charge is -2.17. The van der Waals surface area contributed by atoms with Crippen molar-refractivity contribution in [2.45, 2.75) is 59.4 Å². The van der Waals surface area contributed by atoms with E-state index in [1.165, 1.54) is 19.3 Å². The van der Waals surface area contributed by atoms with Gasteiger partial charge >= 0.3 is 0 Å². The molecule has 0 heterocycles. The molecule has 2 nitrogen and oxygen atoms in total. The summed E-state index contributed by atoms with van der Waals surface area (Å²) in [6, 6.07) is -0.256. The minimum absolute atomic E-state index is 0.112. The SMILES string of the molecule is CC(=O)[C@H](N)[C@@H](C)CCCCC(C)C. The Kier molecular flexibility index (Phi) is 6.81. The fraction of sp³-hybridized carbons (Fsp3) is 0.917. The van der Waals surface area contributed by atoms with Crippen LogP contribution >= 0.6 is 0 Å². The molecule has 0 aromatic heterocycles. The third-order valence-electron chi connectivity index (χ3n) is 2.77. The number of nitrogens with two attached hydrogens (primary N) is 1. The first-order chi connectivity index (χ1) is 6.45. The number of unbranched alkanes of at least 4 members (excludes halogenated alkanes) is 1. The van der Waals surface area contributed by atoms with Gasteiger partial charge in [0.2, 0.25) is 0 Å². The molecule has 0 bridgehead atoms. The van der Waals surface area contributed by atoms with Gasteiger partial charge in [-0.3, -0.25) is 4.79 Å². The van der Waals surface area contributed by atoms with Crippen LogP contribution in [0.15, 0.2) is 0 Å². The second kappa shape index (κ2) is 6.99. The number of Topliss-reactive ketones (excluding diaryl/α,β-unsaturated/α-hetero) is 1. The topological polar surface area (TPSA) is 43.1 Å². The van der Waals surface area contributed by atoms with Crippen LogP contribution in [0.3, 0.4) is 0 Å². The lowest BCUT2D eigenvalue weighted by molar-refractivity contribution is -0.119. The van der Waals surface area contributed by atoms with Crippen molar-refractivity contribution in [2.24, 2.45) is 17.6 Å². The molecule has 0 aromatic carbocycles. The van der Waals surface area contributed by atoms with Gasteiger partial charge in [-0.15, -0.1) is 0 Å². The molecule has 0 amide bonds. The first-order valence-corrected chi connectivity index (χ1v) is 5.71. The monoisotopic (exact) mass is 199 g/mol. The maximum absolute atomic E-state index is 11.0. The van der Waals surface area contributed by atoms with Gasteiger partial charge < -0.3 is 5.73 Å². The second-order valence-corrected chi connectivity index (χ2v) is 4.79. The Morgan fingerprint density at radius 3 is 2.07 bits per heavy atom. The highest BCUT2D eigenvalue weighted by Crippen LogP contribution is 2.15. The number of carbonyl (C=O) groups excluding carboxylic acids is 1. The lowest BCUT2D eigenvalue weighted by Crippen LogP contribution is -2.35. The van der Waals surface area contributed by atoms with Crippen molar-refractivity contribution in [3.8, 4) is 0 Å². The molecule has 0 saturated heterocycles. The number of hydrogen-bond donors (Lipinski definition) is 1. The molecule has 0 fully saturated rings. The first kappa shape index (κ1) is 13.6. The lowest BCUT2D eigenvalue weighted by atomic mass is 9.93. The molecule has 0 rings (SSSR count). The summed E-state index contributed by atoms with van der Waals surface area (Å²) in [5, 5.41) is 0. The van der Waals surface area contributed by atoms with E-state index in [0.29, 0.717) is 5.92 Å². The highest BCUT2D eigenvalue weighted by atomic mass is 16.1. The van der Waals surface area contributed by atoms with E-state index in [0.717, 1.165) is 12.3 Å². The van der Waals surface area contributed by atoms with E-state index in [1.54, 1.807) is 6.92 Å². The molecular weight excluding hydrogens is 174 g/mol. The van der Waals surface area contributed by atoms with Crippen LogP contribution in [0.1, 0.15) is 53.4 Å². The molecule has 0 spiro atoms. The zero-order valence-electron chi connectivity index (χ0n) is 10.0. The summed E-state index contributed by atoms with van der Waals surface area (Å²) in [7, 11) is 0. The van der Waals surface area contributed by atoms with Crippen LogP contribution in [0.5, 0.6) is 0 Å². The summed E-state index contributed by atoms with van der Waals surface area (Å²) in [4.78, 5) is 11.0. The molecule has 0 aliphatic heterocycles. The van der Waals surface area contributed by atoms with E-state index in [2.05, 4.69) is 20.8 Å². The summed E-state index contributed by atoms with van der Waals surface area (Å²) >= 11 is 0. The van der Waals surface area contributed by atoms with E-state index in [9.17, 15) is 4.79 Å². The second-order valence-electron chi connectivity index (χ2n) is 4.79. The van der Waals surface area contributed by atoms with E-state index >= 15 is 0 Å².